The van der Waals surface area contributed by atoms with E-state index in [0.29, 0.717) is 18.1 Å². The van der Waals surface area contributed by atoms with Gasteiger partial charge in [0, 0.05) is 24.8 Å². The van der Waals surface area contributed by atoms with Crippen LogP contribution in [0.25, 0.3) is 0 Å². The van der Waals surface area contributed by atoms with E-state index in [9.17, 15) is 4.79 Å². The smallest absolute Gasteiger partial charge is 0.266 e. The molecule has 23 heavy (non-hydrogen) atoms. The van der Waals surface area contributed by atoms with E-state index in [1.165, 1.54) is 11.3 Å². The number of hydrogen-bond donors (Lipinski definition) is 1. The van der Waals surface area contributed by atoms with Gasteiger partial charge < -0.3 is 19.5 Å². The van der Waals surface area contributed by atoms with Gasteiger partial charge in [0.05, 0.1) is 24.7 Å². The quantitative estimate of drug-likeness (QED) is 0.881. The Labute approximate surface area is 139 Å². The Morgan fingerprint density at radius 3 is 2.87 bits per heavy atom. The minimum atomic E-state index is -0.120. The van der Waals surface area contributed by atoms with Crippen LogP contribution < -0.4 is 10.1 Å². The highest BCUT2D eigenvalue weighted by Gasteiger charge is 2.17. The number of amides is 1. The van der Waals surface area contributed by atoms with E-state index in [1.807, 2.05) is 35.7 Å². The van der Waals surface area contributed by atoms with Crippen LogP contribution in [0, 0.1) is 0 Å². The highest BCUT2D eigenvalue weighted by atomic mass is 32.1. The highest BCUT2D eigenvalue weighted by Crippen LogP contribution is 2.22. The van der Waals surface area contributed by atoms with Crippen molar-refractivity contribution in [3.63, 3.8) is 0 Å². The van der Waals surface area contributed by atoms with Gasteiger partial charge in [-0.25, -0.2) is 0 Å². The van der Waals surface area contributed by atoms with Crippen molar-refractivity contribution in [2.24, 2.45) is 0 Å². The molecule has 0 spiro atoms. The summed E-state index contributed by atoms with van der Waals surface area (Å²) < 4.78 is 16.2. The third-order valence-corrected chi connectivity index (χ3v) is 4.51. The Kier molecular flexibility index (Phi) is 5.27. The summed E-state index contributed by atoms with van der Waals surface area (Å²) in [5.41, 5.74) is 1.64. The molecule has 1 aromatic heterocycles. The first-order valence-electron chi connectivity index (χ1n) is 7.47. The third kappa shape index (κ3) is 4.10. The molecule has 1 aromatic carbocycles. The predicted molar refractivity (Wildman–Crippen MR) is 89.3 cm³/mol. The molecular weight excluding hydrogens is 314 g/mol. The van der Waals surface area contributed by atoms with Crippen LogP contribution >= 0.6 is 11.3 Å². The van der Waals surface area contributed by atoms with E-state index in [2.05, 4.69) is 5.32 Å². The van der Waals surface area contributed by atoms with E-state index < -0.39 is 0 Å². The highest BCUT2D eigenvalue weighted by molar-refractivity contribution is 7.12. The summed E-state index contributed by atoms with van der Waals surface area (Å²) in [4.78, 5) is 13.0. The van der Waals surface area contributed by atoms with Crippen LogP contribution in [0.4, 0.5) is 5.69 Å². The first-order chi connectivity index (χ1) is 11.3. The molecule has 2 aromatic rings. The van der Waals surface area contributed by atoms with E-state index in [0.717, 1.165) is 30.0 Å². The molecule has 1 aliphatic heterocycles. The minimum Gasteiger partial charge on any atom is -0.488 e. The average Bonchev–Trinajstić information content (AvgIpc) is 3.21. The Morgan fingerprint density at radius 2 is 2.17 bits per heavy atom. The normalized spacial score (nSPS) is 17.2. The fraction of sp³-hybridized carbons (Fsp3) is 0.353. The second kappa shape index (κ2) is 7.59. The van der Waals surface area contributed by atoms with E-state index in [-0.39, 0.29) is 12.0 Å². The van der Waals surface area contributed by atoms with Crippen molar-refractivity contribution in [1.29, 1.82) is 0 Å². The molecule has 5 nitrogen and oxygen atoms in total. The lowest BCUT2D eigenvalue weighted by Gasteiger charge is -2.12. The molecule has 0 aliphatic carbocycles. The van der Waals surface area contributed by atoms with Crippen LogP contribution in [-0.2, 0) is 16.1 Å². The third-order valence-electron chi connectivity index (χ3n) is 3.56. The Hall–Kier alpha value is -1.89. The van der Waals surface area contributed by atoms with Crippen molar-refractivity contribution in [3.8, 4) is 5.75 Å². The van der Waals surface area contributed by atoms with Crippen LogP contribution in [0.2, 0.25) is 0 Å². The van der Waals surface area contributed by atoms with Gasteiger partial charge in [0.2, 0.25) is 0 Å². The minimum absolute atomic E-state index is 0.120. The number of thiophene rings is 1. The van der Waals surface area contributed by atoms with E-state index in [1.54, 1.807) is 7.11 Å². The molecule has 1 saturated heterocycles. The number of methoxy groups -OCH3 is 1. The van der Waals surface area contributed by atoms with Gasteiger partial charge in [-0.3, -0.25) is 4.79 Å². The van der Waals surface area contributed by atoms with Crippen molar-refractivity contribution in [1.82, 2.24) is 0 Å². The van der Waals surface area contributed by atoms with Crippen molar-refractivity contribution in [2.45, 2.75) is 19.1 Å². The molecule has 1 fully saturated rings. The zero-order valence-corrected chi connectivity index (χ0v) is 13.7. The average molecular weight is 333 g/mol. The van der Waals surface area contributed by atoms with Gasteiger partial charge in [-0.15, -0.1) is 11.3 Å². The monoisotopic (exact) mass is 333 g/mol. The maximum Gasteiger partial charge on any atom is 0.266 e. The Balaban J connectivity index is 1.61. The van der Waals surface area contributed by atoms with Crippen molar-refractivity contribution in [3.05, 3.63) is 46.2 Å². The number of hydrogen-bond acceptors (Lipinski definition) is 5. The molecule has 1 unspecified atom stereocenters. The lowest BCUT2D eigenvalue weighted by Crippen LogP contribution is -2.16. The molecule has 2 heterocycles. The number of benzene rings is 1. The first kappa shape index (κ1) is 16.0. The summed E-state index contributed by atoms with van der Waals surface area (Å²) in [6.45, 7) is 1.82. The molecule has 1 aliphatic rings. The molecule has 122 valence electrons. The van der Waals surface area contributed by atoms with Crippen molar-refractivity contribution < 1.29 is 19.0 Å². The Morgan fingerprint density at radius 1 is 1.35 bits per heavy atom. The number of nitrogens with one attached hydrogen (secondary N) is 1. The summed E-state index contributed by atoms with van der Waals surface area (Å²) in [6.07, 6.45) is 1.04. The van der Waals surface area contributed by atoms with Crippen LogP contribution in [-0.4, -0.2) is 32.3 Å². The molecule has 1 N–H and O–H groups in total. The van der Waals surface area contributed by atoms with Crippen LogP contribution in [0.5, 0.6) is 5.75 Å². The maximum atomic E-state index is 12.3. The van der Waals surface area contributed by atoms with Gasteiger partial charge in [0.1, 0.15) is 11.9 Å². The van der Waals surface area contributed by atoms with Gasteiger partial charge in [-0.1, -0.05) is 0 Å². The van der Waals surface area contributed by atoms with Crippen LogP contribution in [0.15, 0.2) is 35.7 Å². The molecule has 0 bridgehead atoms. The second-order valence-electron chi connectivity index (χ2n) is 5.29. The summed E-state index contributed by atoms with van der Waals surface area (Å²) >= 11 is 1.41. The standard InChI is InChI=1S/C17H19NO4S/c1-20-10-12-7-9-23-16(12)17(19)18-13-2-4-14(5-3-13)22-15-6-8-21-11-15/h2-5,7,9,15H,6,8,10-11H2,1H3,(H,18,19). The van der Waals surface area contributed by atoms with Gasteiger partial charge in [0.25, 0.3) is 5.91 Å². The van der Waals surface area contributed by atoms with Gasteiger partial charge >= 0.3 is 0 Å². The van der Waals surface area contributed by atoms with Crippen LogP contribution in [0.3, 0.4) is 0 Å². The first-order valence-corrected chi connectivity index (χ1v) is 8.35. The van der Waals surface area contributed by atoms with Crippen LogP contribution in [0.1, 0.15) is 21.7 Å². The number of carbonyl (C=O) groups is 1. The number of carbonyl (C=O) groups excluding carboxylic acids is 1. The molecule has 1 atom stereocenters. The van der Waals surface area contributed by atoms with Gasteiger partial charge in [0.15, 0.2) is 0 Å². The summed E-state index contributed by atoms with van der Waals surface area (Å²) in [5, 5.41) is 4.79. The Bertz CT molecular complexity index is 647. The molecular formula is C17H19NO4S. The molecule has 6 heteroatoms. The largest absolute Gasteiger partial charge is 0.488 e. The van der Waals surface area contributed by atoms with E-state index >= 15 is 0 Å². The molecule has 0 radical (unpaired) electrons. The summed E-state index contributed by atoms with van der Waals surface area (Å²) in [5.74, 6) is 0.666. The van der Waals surface area contributed by atoms with Gasteiger partial charge in [-0.05, 0) is 35.7 Å². The maximum absolute atomic E-state index is 12.3. The van der Waals surface area contributed by atoms with Crippen molar-refractivity contribution >= 4 is 22.9 Å². The molecule has 3 rings (SSSR count). The zero-order chi connectivity index (χ0) is 16.1. The summed E-state index contributed by atoms with van der Waals surface area (Å²) in [7, 11) is 1.62. The predicted octanol–water partition coefficient (Wildman–Crippen LogP) is 3.31. The lowest BCUT2D eigenvalue weighted by atomic mass is 10.2. The fourth-order valence-corrected chi connectivity index (χ4v) is 3.21. The van der Waals surface area contributed by atoms with E-state index in [4.69, 9.17) is 14.2 Å². The van der Waals surface area contributed by atoms with Crippen molar-refractivity contribution in [2.75, 3.05) is 25.6 Å². The molecule has 0 saturated carbocycles. The topological polar surface area (TPSA) is 56.8 Å². The SMILES string of the molecule is COCc1ccsc1C(=O)Nc1ccc(OC2CCOC2)cc1. The number of anilines is 1. The fourth-order valence-electron chi connectivity index (χ4n) is 2.41. The second-order valence-corrected chi connectivity index (χ2v) is 6.21. The number of rotatable bonds is 6. The number of ether oxygens (including phenoxy) is 3. The molecule has 1 amide bonds. The zero-order valence-electron chi connectivity index (χ0n) is 12.9. The summed E-state index contributed by atoms with van der Waals surface area (Å²) in [6, 6.07) is 9.31. The van der Waals surface area contributed by atoms with Gasteiger partial charge in [-0.2, -0.15) is 0 Å². The lowest BCUT2D eigenvalue weighted by molar-refractivity contribution is 0.102.